The van der Waals surface area contributed by atoms with Crippen LogP contribution < -0.4 is 5.32 Å². The molecule has 4 rings (SSSR count). The smallest absolute Gasteiger partial charge is 0.225 e. The van der Waals surface area contributed by atoms with E-state index < -0.39 is 96.3 Å². The number of aliphatic hydroxyl groups is 3. The molecule has 4 N–H and O–H groups in total. The quantitative estimate of drug-likeness (QED) is 0.272. The summed E-state index contributed by atoms with van der Waals surface area (Å²) in [5, 5.41) is 38.3. The van der Waals surface area contributed by atoms with Crippen molar-refractivity contribution in [3.63, 3.8) is 0 Å². The minimum Gasteiger partial charge on any atom is -0.390 e. The largest absolute Gasteiger partial charge is 0.390 e. The van der Waals surface area contributed by atoms with Gasteiger partial charge in [-0.15, -0.1) is 0 Å². The minimum atomic E-state index is -1.88. The molecule has 52 heavy (non-hydrogen) atoms. The van der Waals surface area contributed by atoms with E-state index in [0.29, 0.717) is 25.7 Å². The second-order valence-corrected chi connectivity index (χ2v) is 17.8. The number of aliphatic hydroxyl groups excluding tert-OH is 2. The standard InChI is InChI=1S/C39H71FN2O10/c1-20(2)42(12)27-16-22(4)49-36(30(27)43)51-34-25(7)32(50-29-19-37(9,47-13)18-23(5)48-29)26(8)35(45)41-28(14-15-40)39(11,46)33(44)24(6)31-21(3)17-38(34,10)52-31/h20-34,36,43-44,46H,14-19H2,1-13H3,(H,41,45)/t21-,22-,23+,24+,25+,26-,27+,28-,29+,30-,31+,32+,33-,34-,36+,37+,38-,39-/m1/s1. The van der Waals surface area contributed by atoms with Crippen molar-refractivity contribution in [2.75, 3.05) is 20.8 Å². The van der Waals surface area contributed by atoms with Crippen LogP contribution in [0.5, 0.6) is 0 Å². The highest BCUT2D eigenvalue weighted by molar-refractivity contribution is 5.79. The Morgan fingerprint density at radius 2 is 1.63 bits per heavy atom. The molecule has 0 saturated carbocycles. The molecule has 0 spiro atoms. The second kappa shape index (κ2) is 17.0. The number of nitrogens with one attached hydrogen (secondary N) is 1. The zero-order valence-corrected chi connectivity index (χ0v) is 34.0. The van der Waals surface area contributed by atoms with Crippen LogP contribution in [0.4, 0.5) is 4.39 Å². The maximum absolute atomic E-state index is 14.3. The van der Waals surface area contributed by atoms with E-state index in [1.54, 1.807) is 14.0 Å². The molecular weight excluding hydrogens is 675 g/mol. The first kappa shape index (κ1) is 43.7. The molecule has 4 fully saturated rings. The third-order valence-electron chi connectivity index (χ3n) is 13.0. The van der Waals surface area contributed by atoms with E-state index in [4.69, 9.17) is 28.4 Å². The van der Waals surface area contributed by atoms with Gasteiger partial charge in [0.1, 0.15) is 11.7 Å². The van der Waals surface area contributed by atoms with Crippen LogP contribution in [0.3, 0.4) is 0 Å². The van der Waals surface area contributed by atoms with E-state index in [9.17, 15) is 24.5 Å². The number of hydrogen-bond acceptors (Lipinski definition) is 11. The first-order chi connectivity index (χ1) is 24.1. The van der Waals surface area contributed by atoms with E-state index in [0.717, 1.165) is 0 Å². The first-order valence-electron chi connectivity index (χ1n) is 19.6. The molecule has 0 aromatic heterocycles. The van der Waals surface area contributed by atoms with Gasteiger partial charge in [0, 0.05) is 43.9 Å². The number of likely N-dealkylation sites (N-methyl/N-ethyl adjacent to an activating group) is 1. The van der Waals surface area contributed by atoms with Crippen LogP contribution in [0.1, 0.15) is 108 Å². The number of rotatable bonds is 9. The molecule has 0 radical (unpaired) electrons. The number of alkyl halides is 1. The predicted octanol–water partition coefficient (Wildman–Crippen LogP) is 3.95. The lowest BCUT2D eigenvalue weighted by molar-refractivity contribution is -0.312. The Labute approximate surface area is 311 Å². The highest BCUT2D eigenvalue weighted by atomic mass is 19.1. The number of ether oxygens (including phenoxy) is 6. The highest BCUT2D eigenvalue weighted by Crippen LogP contribution is 2.47. The van der Waals surface area contributed by atoms with Crippen LogP contribution in [0, 0.1) is 23.7 Å². The molecule has 0 unspecified atom stereocenters. The van der Waals surface area contributed by atoms with E-state index in [-0.39, 0.29) is 36.6 Å². The molecular formula is C39H71FN2O10. The van der Waals surface area contributed by atoms with Gasteiger partial charge in [-0.2, -0.15) is 0 Å². The van der Waals surface area contributed by atoms with Gasteiger partial charge in [0.15, 0.2) is 12.6 Å². The SMILES string of the molecule is CO[C@]1(C)C[C@H](O[C@H]2[C@H](C)[C@@H](O[C@@H]3O[C@H](C)C[C@H](N(C)C(C)C)[C@H]3O)[C@@]3(C)C[C@@H](C)[C@H](O3)[C@H](C)[C@@H](O)[C@](C)(O)[C@@H](CCF)NC(=O)[C@@H]2C)O[C@@H](C)C1. The molecule has 1 amide bonds. The summed E-state index contributed by atoms with van der Waals surface area (Å²) in [4.78, 5) is 16.4. The molecule has 12 nitrogen and oxygen atoms in total. The number of carbonyl (C=O) groups is 1. The van der Waals surface area contributed by atoms with Crippen LogP contribution in [-0.2, 0) is 33.2 Å². The van der Waals surface area contributed by atoms with Crippen molar-refractivity contribution in [1.82, 2.24) is 10.2 Å². The number of carbonyl (C=O) groups excluding carboxylic acids is 1. The van der Waals surface area contributed by atoms with Gasteiger partial charge in [0.05, 0.1) is 66.5 Å². The van der Waals surface area contributed by atoms with Crippen LogP contribution in [0.15, 0.2) is 0 Å². The molecule has 4 heterocycles. The Hall–Kier alpha value is -1.00. The van der Waals surface area contributed by atoms with E-state index in [1.807, 2.05) is 55.5 Å². The van der Waals surface area contributed by atoms with Crippen molar-refractivity contribution in [3.05, 3.63) is 0 Å². The molecule has 4 aliphatic heterocycles. The summed E-state index contributed by atoms with van der Waals surface area (Å²) in [6, 6.07) is -1.15. The van der Waals surface area contributed by atoms with Crippen molar-refractivity contribution in [3.8, 4) is 0 Å². The van der Waals surface area contributed by atoms with Gasteiger partial charge >= 0.3 is 0 Å². The summed E-state index contributed by atoms with van der Waals surface area (Å²) in [5.74, 6) is -2.58. The van der Waals surface area contributed by atoms with E-state index in [1.165, 1.54) is 6.92 Å². The fraction of sp³-hybridized carbons (Fsp3) is 0.974. The number of halogens is 1. The Morgan fingerprint density at radius 1 is 0.981 bits per heavy atom. The highest BCUT2D eigenvalue weighted by Gasteiger charge is 2.57. The summed E-state index contributed by atoms with van der Waals surface area (Å²) in [5.41, 5.74) is -3.41. The molecule has 4 aliphatic rings. The van der Waals surface area contributed by atoms with Crippen LogP contribution in [0.25, 0.3) is 0 Å². The second-order valence-electron chi connectivity index (χ2n) is 17.8. The average Bonchev–Trinajstić information content (AvgIpc) is 3.38. The Bertz CT molecular complexity index is 1180. The van der Waals surface area contributed by atoms with Crippen LogP contribution in [0.2, 0.25) is 0 Å². The van der Waals surface area contributed by atoms with Crippen LogP contribution in [-0.4, -0.2) is 137 Å². The van der Waals surface area contributed by atoms with Crippen molar-refractivity contribution in [2.45, 2.75) is 199 Å². The van der Waals surface area contributed by atoms with Crippen molar-refractivity contribution >= 4 is 5.91 Å². The lowest BCUT2D eigenvalue weighted by atomic mass is 9.75. The lowest BCUT2D eigenvalue weighted by Gasteiger charge is -2.48. The summed E-state index contributed by atoms with van der Waals surface area (Å²) in [6.07, 6.45) is -4.62. The maximum atomic E-state index is 14.3. The number of amides is 1. The lowest BCUT2D eigenvalue weighted by Crippen LogP contribution is -2.62. The molecule has 13 heteroatoms. The van der Waals surface area contributed by atoms with Gasteiger partial charge in [0.2, 0.25) is 5.91 Å². The van der Waals surface area contributed by atoms with Crippen molar-refractivity contribution in [2.24, 2.45) is 23.7 Å². The summed E-state index contributed by atoms with van der Waals surface area (Å²) in [7, 11) is 3.66. The normalized spacial score (nSPS) is 49.7. The molecule has 0 aliphatic carbocycles. The van der Waals surface area contributed by atoms with E-state index >= 15 is 0 Å². The Morgan fingerprint density at radius 3 is 2.23 bits per heavy atom. The van der Waals surface area contributed by atoms with Crippen molar-refractivity contribution < 1.29 is 52.9 Å². The predicted molar refractivity (Wildman–Crippen MR) is 194 cm³/mol. The number of hydrogen-bond donors (Lipinski definition) is 4. The Balaban J connectivity index is 1.84. The first-order valence-corrected chi connectivity index (χ1v) is 19.6. The number of fused-ring (bicyclic) bond motifs is 2. The fourth-order valence-electron chi connectivity index (χ4n) is 9.62. The van der Waals surface area contributed by atoms with Gasteiger partial charge in [-0.25, -0.2) is 0 Å². The van der Waals surface area contributed by atoms with E-state index in [2.05, 4.69) is 24.1 Å². The summed E-state index contributed by atoms with van der Waals surface area (Å²) >= 11 is 0. The molecule has 304 valence electrons. The zero-order valence-electron chi connectivity index (χ0n) is 34.0. The monoisotopic (exact) mass is 747 g/mol. The third-order valence-corrected chi connectivity index (χ3v) is 13.0. The number of nitrogens with zero attached hydrogens (tertiary/aromatic N) is 1. The van der Waals surface area contributed by atoms with Gasteiger partial charge in [-0.05, 0) is 80.7 Å². The fourth-order valence-corrected chi connectivity index (χ4v) is 9.62. The van der Waals surface area contributed by atoms with Gasteiger partial charge in [-0.1, -0.05) is 27.7 Å². The Kier molecular flexibility index (Phi) is 14.3. The molecule has 0 aromatic carbocycles. The topological polar surface area (TPSA) is 148 Å². The maximum Gasteiger partial charge on any atom is 0.225 e. The van der Waals surface area contributed by atoms with Crippen LogP contribution >= 0.6 is 0 Å². The zero-order chi connectivity index (χ0) is 39.1. The molecule has 2 bridgehead atoms. The van der Waals surface area contributed by atoms with Gasteiger partial charge in [-0.3, -0.25) is 14.1 Å². The molecule has 4 saturated heterocycles. The van der Waals surface area contributed by atoms with Crippen molar-refractivity contribution in [1.29, 1.82) is 0 Å². The van der Waals surface area contributed by atoms with Gasteiger partial charge < -0.3 is 49.1 Å². The summed E-state index contributed by atoms with van der Waals surface area (Å²) < 4.78 is 53.4. The average molecular weight is 747 g/mol. The minimum absolute atomic E-state index is 0.0846. The third kappa shape index (κ3) is 9.16. The summed E-state index contributed by atoms with van der Waals surface area (Å²) in [6.45, 7) is 20.2. The number of methoxy groups -OCH3 is 1. The molecule has 18 atom stereocenters. The molecule has 0 aromatic rings. The van der Waals surface area contributed by atoms with Gasteiger partial charge in [0.25, 0.3) is 0 Å².